The number of nitrogens with two attached hydrogens (primary N) is 1. The van der Waals surface area contributed by atoms with Crippen molar-refractivity contribution in [2.24, 2.45) is 5.73 Å². The lowest BCUT2D eigenvalue weighted by Gasteiger charge is -2.10. The number of carbonyl (C=O) groups excluding carboxylic acids is 1. The predicted molar refractivity (Wildman–Crippen MR) is 94.5 cm³/mol. The van der Waals surface area contributed by atoms with Crippen LogP contribution in [0.5, 0.6) is 0 Å². The molecule has 5 heteroatoms. The van der Waals surface area contributed by atoms with Gasteiger partial charge in [0.2, 0.25) is 0 Å². The van der Waals surface area contributed by atoms with Gasteiger partial charge in [0.15, 0.2) is 0 Å². The van der Waals surface area contributed by atoms with Gasteiger partial charge in [-0.15, -0.1) is 0 Å². The Kier molecular flexibility index (Phi) is 5.41. The highest BCUT2D eigenvalue weighted by Gasteiger charge is 2.15. The van der Waals surface area contributed by atoms with Crippen LogP contribution in [0.3, 0.4) is 0 Å². The molecule has 0 aliphatic heterocycles. The van der Waals surface area contributed by atoms with Gasteiger partial charge in [0.05, 0.1) is 12.1 Å². The number of nitrogens with one attached hydrogen (secondary N) is 1. The van der Waals surface area contributed by atoms with Crippen molar-refractivity contribution in [1.29, 1.82) is 0 Å². The van der Waals surface area contributed by atoms with E-state index in [0.717, 1.165) is 16.7 Å². The van der Waals surface area contributed by atoms with Crippen molar-refractivity contribution in [1.82, 2.24) is 0 Å². The molecule has 0 atom stereocenters. The van der Waals surface area contributed by atoms with Crippen molar-refractivity contribution < 1.29 is 9.21 Å². The van der Waals surface area contributed by atoms with Gasteiger partial charge in [-0.25, -0.2) is 0 Å². The van der Waals surface area contributed by atoms with Crippen LogP contribution >= 0.6 is 11.8 Å². The highest BCUT2D eigenvalue weighted by molar-refractivity contribution is 7.99. The maximum absolute atomic E-state index is 12.2. The molecule has 122 valence electrons. The fourth-order valence-electron chi connectivity index (χ4n) is 2.82. The fraction of sp³-hybridized carbons (Fsp3) is 0.389. The van der Waals surface area contributed by atoms with Crippen molar-refractivity contribution in [3.8, 4) is 0 Å². The minimum Gasteiger partial charge on any atom is -0.467 e. The van der Waals surface area contributed by atoms with Crippen molar-refractivity contribution in [2.75, 3.05) is 5.32 Å². The molecule has 3 N–H and O–H groups in total. The Morgan fingerprint density at radius 1 is 1.30 bits per heavy atom. The van der Waals surface area contributed by atoms with Gasteiger partial charge in [-0.1, -0.05) is 25.0 Å². The van der Waals surface area contributed by atoms with Crippen molar-refractivity contribution in [3.05, 3.63) is 53.5 Å². The van der Waals surface area contributed by atoms with Gasteiger partial charge in [0, 0.05) is 16.7 Å². The molecule has 0 saturated heterocycles. The lowest BCUT2D eigenvalue weighted by Crippen LogP contribution is -2.11. The number of carbonyl (C=O) groups is 1. The summed E-state index contributed by atoms with van der Waals surface area (Å²) >= 11 is 2.03. The quantitative estimate of drug-likeness (QED) is 0.834. The average molecular weight is 330 g/mol. The van der Waals surface area contributed by atoms with Crippen LogP contribution in [0.25, 0.3) is 0 Å². The van der Waals surface area contributed by atoms with E-state index in [1.54, 1.807) is 6.07 Å². The van der Waals surface area contributed by atoms with Crippen LogP contribution < -0.4 is 11.1 Å². The monoisotopic (exact) mass is 330 g/mol. The number of benzene rings is 1. The number of amides is 1. The zero-order chi connectivity index (χ0) is 16.1. The number of hydrogen-bond acceptors (Lipinski definition) is 4. The summed E-state index contributed by atoms with van der Waals surface area (Å²) < 4.78 is 5.20. The van der Waals surface area contributed by atoms with Crippen LogP contribution in [0.1, 0.15) is 47.4 Å². The second-order valence-corrected chi connectivity index (χ2v) is 7.17. The first-order valence-corrected chi connectivity index (χ1v) is 9.09. The zero-order valence-corrected chi connectivity index (χ0v) is 13.9. The number of hydrogen-bond donors (Lipinski definition) is 2. The molecule has 0 bridgehead atoms. The van der Waals surface area contributed by atoms with Crippen LogP contribution in [0.15, 0.2) is 41.0 Å². The first-order chi connectivity index (χ1) is 11.2. The smallest absolute Gasteiger partial charge is 0.258 e. The highest BCUT2D eigenvalue weighted by Crippen LogP contribution is 2.31. The van der Waals surface area contributed by atoms with E-state index in [4.69, 9.17) is 10.2 Å². The van der Waals surface area contributed by atoms with Crippen molar-refractivity contribution in [3.63, 3.8) is 0 Å². The van der Waals surface area contributed by atoms with E-state index in [0.29, 0.717) is 17.9 Å². The Morgan fingerprint density at radius 3 is 2.87 bits per heavy atom. The summed E-state index contributed by atoms with van der Waals surface area (Å²) in [6, 6.07) is 9.73. The Bertz CT molecular complexity index is 663. The minimum atomic E-state index is -0.172. The topological polar surface area (TPSA) is 68.3 Å². The summed E-state index contributed by atoms with van der Waals surface area (Å²) in [5, 5.41) is 3.71. The highest BCUT2D eigenvalue weighted by atomic mass is 32.2. The molecule has 23 heavy (non-hydrogen) atoms. The van der Waals surface area contributed by atoms with E-state index in [1.807, 2.05) is 30.0 Å². The lowest BCUT2D eigenvalue weighted by molar-refractivity contribution is 0.102. The summed E-state index contributed by atoms with van der Waals surface area (Å²) in [6.07, 6.45) is 6.85. The normalized spacial score (nSPS) is 15.0. The average Bonchev–Trinajstić information content (AvgIpc) is 3.25. The largest absolute Gasteiger partial charge is 0.467 e. The van der Waals surface area contributed by atoms with Gasteiger partial charge in [0.1, 0.15) is 12.0 Å². The van der Waals surface area contributed by atoms with E-state index in [2.05, 4.69) is 11.4 Å². The number of rotatable bonds is 6. The molecule has 1 aliphatic carbocycles. The molecule has 1 fully saturated rings. The summed E-state index contributed by atoms with van der Waals surface area (Å²) in [5.41, 5.74) is 8.05. The minimum absolute atomic E-state index is 0.172. The molecule has 4 nitrogen and oxygen atoms in total. The van der Waals surface area contributed by atoms with Crippen molar-refractivity contribution >= 4 is 23.4 Å². The molecule has 1 heterocycles. The number of anilines is 1. The molecule has 3 rings (SSSR count). The van der Waals surface area contributed by atoms with Gasteiger partial charge in [-0.2, -0.15) is 11.8 Å². The maximum atomic E-state index is 12.2. The van der Waals surface area contributed by atoms with E-state index in [1.165, 1.54) is 37.5 Å². The first-order valence-electron chi connectivity index (χ1n) is 8.04. The van der Waals surface area contributed by atoms with Crippen molar-refractivity contribution in [2.45, 2.75) is 43.2 Å². The van der Waals surface area contributed by atoms with Gasteiger partial charge in [0.25, 0.3) is 5.91 Å². The molecule has 2 aromatic rings. The molecular formula is C18H22N2O2S. The number of furan rings is 1. The van der Waals surface area contributed by atoms with Gasteiger partial charge in [-0.3, -0.25) is 4.79 Å². The third kappa shape index (κ3) is 4.39. The maximum Gasteiger partial charge on any atom is 0.258 e. The van der Waals surface area contributed by atoms with Gasteiger partial charge < -0.3 is 15.5 Å². The predicted octanol–water partition coefficient (Wildman–Crippen LogP) is 4.17. The third-order valence-corrected chi connectivity index (χ3v) is 5.53. The Labute approximate surface area is 140 Å². The first kappa shape index (κ1) is 16.1. The van der Waals surface area contributed by atoms with Gasteiger partial charge in [-0.05, 0) is 36.6 Å². The molecular weight excluding hydrogens is 308 g/mol. The molecule has 0 spiro atoms. The molecule has 1 saturated carbocycles. The van der Waals surface area contributed by atoms with Crippen LogP contribution in [-0.2, 0) is 12.3 Å². The third-order valence-electron chi connectivity index (χ3n) is 4.09. The molecule has 1 aromatic carbocycles. The van der Waals surface area contributed by atoms with Crippen LogP contribution in [-0.4, -0.2) is 11.2 Å². The summed E-state index contributed by atoms with van der Waals surface area (Å²) in [7, 11) is 0. The Balaban J connectivity index is 1.59. The lowest BCUT2D eigenvalue weighted by atomic mass is 10.2. The molecule has 0 radical (unpaired) electrons. The molecule has 1 aromatic heterocycles. The summed E-state index contributed by atoms with van der Waals surface area (Å²) in [5.74, 6) is 1.43. The van der Waals surface area contributed by atoms with E-state index in [-0.39, 0.29) is 5.91 Å². The molecule has 0 unspecified atom stereocenters. The van der Waals surface area contributed by atoms with E-state index >= 15 is 0 Å². The van der Waals surface area contributed by atoms with E-state index in [9.17, 15) is 4.79 Å². The zero-order valence-electron chi connectivity index (χ0n) is 13.1. The number of thioether (sulfide) groups is 1. The Hall–Kier alpha value is -1.72. The second-order valence-electron chi connectivity index (χ2n) is 5.88. The molecule has 1 aliphatic rings. The second kappa shape index (κ2) is 7.70. The van der Waals surface area contributed by atoms with E-state index < -0.39 is 0 Å². The SMILES string of the molecule is NCc1cc(C(=O)Nc2cccc(CSC3CCCC3)c2)co1. The van der Waals surface area contributed by atoms with Crippen LogP contribution in [0.4, 0.5) is 5.69 Å². The standard InChI is InChI=1S/C18H22N2O2S/c19-10-16-9-14(11-22-16)18(21)20-15-5-3-4-13(8-15)12-23-17-6-1-2-7-17/h3-5,8-9,11,17H,1-2,6-7,10,12,19H2,(H,20,21). The van der Waals surface area contributed by atoms with Gasteiger partial charge >= 0.3 is 0 Å². The summed E-state index contributed by atoms with van der Waals surface area (Å²) in [6.45, 7) is 0.293. The Morgan fingerprint density at radius 2 is 2.13 bits per heavy atom. The summed E-state index contributed by atoms with van der Waals surface area (Å²) in [4.78, 5) is 12.2. The van der Waals surface area contributed by atoms with Crippen LogP contribution in [0, 0.1) is 0 Å². The fourth-order valence-corrected chi connectivity index (χ4v) is 4.09. The molecule has 1 amide bonds. The van der Waals surface area contributed by atoms with Crippen LogP contribution in [0.2, 0.25) is 0 Å².